The quantitative estimate of drug-likeness (QED) is 0.750. The molecule has 0 aliphatic carbocycles. The van der Waals surface area contributed by atoms with Crippen molar-refractivity contribution >= 4 is 0 Å². The van der Waals surface area contributed by atoms with Gasteiger partial charge in [0.25, 0.3) is 0 Å². The third-order valence-electron chi connectivity index (χ3n) is 1.08. The molecule has 18 heavy (non-hydrogen) atoms. The van der Waals surface area contributed by atoms with Crippen LogP contribution in [0.1, 0.15) is 65.8 Å². The Morgan fingerprint density at radius 2 is 1.11 bits per heavy atom. The Morgan fingerprint density at radius 1 is 0.833 bits per heavy atom. The number of hydrogen-bond acceptors (Lipinski definition) is 3. The molecule has 0 aliphatic rings. The van der Waals surface area contributed by atoms with Crippen LogP contribution in [0.25, 0.3) is 0 Å². The second-order valence-electron chi connectivity index (χ2n) is 2.26. The van der Waals surface area contributed by atoms with E-state index < -0.39 is 0 Å². The lowest BCUT2D eigenvalue weighted by Crippen LogP contribution is -2.25. The normalized spacial score (nSPS) is 7.17. The average molecular weight is 276 g/mol. The molecule has 0 aliphatic heterocycles. The van der Waals surface area contributed by atoms with Gasteiger partial charge in [0.2, 0.25) is 0 Å². The van der Waals surface area contributed by atoms with Gasteiger partial charge in [0.1, 0.15) is 0 Å². The Morgan fingerprint density at radius 3 is 1.28 bits per heavy atom. The summed E-state index contributed by atoms with van der Waals surface area (Å²) in [5, 5.41) is 3.17. The van der Waals surface area contributed by atoms with E-state index in [2.05, 4.69) is 17.0 Å². The molecule has 3 nitrogen and oxygen atoms in total. The summed E-state index contributed by atoms with van der Waals surface area (Å²) in [6.07, 6.45) is 0.343. The van der Waals surface area contributed by atoms with Crippen LogP contribution in [-0.4, -0.2) is 40.5 Å². The number of hydrogen-bond donors (Lipinski definition) is 1. The van der Waals surface area contributed by atoms with Gasteiger partial charge in [-0.15, -0.1) is 0 Å². The lowest BCUT2D eigenvalue weighted by molar-refractivity contribution is 0.118. The molecule has 126 valence electrons. The van der Waals surface area contributed by atoms with E-state index in [-0.39, 0.29) is 52.0 Å². The number of likely N-dealkylation sites (N-methyl/N-ethyl adjacent to an activating group) is 1. The van der Waals surface area contributed by atoms with Gasteiger partial charge < -0.3 is 14.8 Å². The Labute approximate surface area is 122 Å². The van der Waals surface area contributed by atoms with E-state index >= 15 is 0 Å². The Hall–Kier alpha value is -0.120. The molecular formula is C15H49NO2. The van der Waals surface area contributed by atoms with Gasteiger partial charge in [-0.3, -0.25) is 0 Å². The van der Waals surface area contributed by atoms with Gasteiger partial charge in [-0.1, -0.05) is 58.9 Å². The van der Waals surface area contributed by atoms with Gasteiger partial charge >= 0.3 is 0 Å². The van der Waals surface area contributed by atoms with Crippen LogP contribution in [0, 0.1) is 0 Å². The summed E-state index contributed by atoms with van der Waals surface area (Å²) in [5.41, 5.74) is 0. The first-order valence-corrected chi connectivity index (χ1v) is 3.86. The minimum absolute atomic E-state index is 0. The van der Waals surface area contributed by atoms with Crippen molar-refractivity contribution in [3.63, 3.8) is 0 Å². The molecule has 0 bridgehead atoms. The molecule has 0 saturated heterocycles. The maximum absolute atomic E-state index is 4.99. The van der Waals surface area contributed by atoms with Crippen LogP contribution >= 0.6 is 0 Å². The molecular weight excluding hydrogens is 226 g/mol. The van der Waals surface area contributed by atoms with Gasteiger partial charge in [-0.2, -0.15) is 0 Å². The molecule has 0 aromatic carbocycles. The molecule has 0 aromatic rings. The summed E-state index contributed by atoms with van der Waals surface area (Å²) in [6.45, 7) is 6.10. The van der Waals surface area contributed by atoms with E-state index in [0.29, 0.717) is 6.10 Å². The van der Waals surface area contributed by atoms with E-state index in [0.717, 1.165) is 13.1 Å². The maximum atomic E-state index is 4.99. The first-order chi connectivity index (χ1) is 5.22. The molecule has 0 saturated carbocycles. The molecule has 1 N–H and O–H groups in total. The van der Waals surface area contributed by atoms with Crippen molar-refractivity contribution in [2.24, 2.45) is 0 Å². The highest BCUT2D eigenvalue weighted by molar-refractivity contribution is 4.50. The van der Waals surface area contributed by atoms with Gasteiger partial charge in [-0.25, -0.2) is 0 Å². The SMILES string of the molecule is C.C.C.C.C.C.C.CCNCC(C)OC.COC. The zero-order valence-corrected chi connectivity index (χ0v) is 8.31. The fourth-order valence-electron chi connectivity index (χ4n) is 0.431. The Kier molecular flexibility index (Phi) is 246. The zero-order valence-electron chi connectivity index (χ0n) is 8.31. The van der Waals surface area contributed by atoms with E-state index in [1.165, 1.54) is 0 Å². The molecule has 0 amide bonds. The van der Waals surface area contributed by atoms with Crippen molar-refractivity contribution < 1.29 is 9.47 Å². The zero-order chi connectivity index (χ0) is 9.11. The number of nitrogens with one attached hydrogen (secondary N) is 1. The van der Waals surface area contributed by atoms with Crippen LogP contribution < -0.4 is 5.32 Å². The summed E-state index contributed by atoms with van der Waals surface area (Å²) < 4.78 is 9.24. The lowest BCUT2D eigenvalue weighted by Gasteiger charge is -2.07. The average Bonchev–Trinajstić information content (AvgIpc) is 2.02. The predicted octanol–water partition coefficient (Wildman–Crippen LogP) is 5.35. The molecule has 1 atom stereocenters. The highest BCUT2D eigenvalue weighted by Gasteiger charge is 1.93. The van der Waals surface area contributed by atoms with Crippen molar-refractivity contribution in [2.75, 3.05) is 34.4 Å². The highest BCUT2D eigenvalue weighted by Crippen LogP contribution is 1.81. The summed E-state index contributed by atoms with van der Waals surface area (Å²) in [7, 11) is 4.97. The molecule has 0 rings (SSSR count). The van der Waals surface area contributed by atoms with Crippen LogP contribution in [0.4, 0.5) is 0 Å². The summed E-state index contributed by atoms with van der Waals surface area (Å²) in [5.74, 6) is 0. The van der Waals surface area contributed by atoms with Crippen molar-refractivity contribution in [3.8, 4) is 0 Å². The third kappa shape index (κ3) is 102. The first-order valence-electron chi connectivity index (χ1n) is 3.86. The van der Waals surface area contributed by atoms with Crippen LogP contribution in [0.3, 0.4) is 0 Å². The van der Waals surface area contributed by atoms with Crippen LogP contribution in [0.2, 0.25) is 0 Å². The van der Waals surface area contributed by atoms with Crippen LogP contribution in [-0.2, 0) is 9.47 Å². The van der Waals surface area contributed by atoms with Gasteiger partial charge in [-0.05, 0) is 13.5 Å². The standard InChI is InChI=1S/C6H15NO.C2H6O.7CH4/c1-4-7-5-6(2)8-3;1-3-2;;;;;;;/h6-7H,4-5H2,1-3H3;1-2H3;7*1H4. The smallest absolute Gasteiger partial charge is 0.0667 e. The summed E-state index contributed by atoms with van der Waals surface area (Å²) in [6, 6.07) is 0. The summed E-state index contributed by atoms with van der Waals surface area (Å²) >= 11 is 0. The molecule has 3 heteroatoms. The minimum atomic E-state index is 0. The summed E-state index contributed by atoms with van der Waals surface area (Å²) in [4.78, 5) is 0. The van der Waals surface area contributed by atoms with Crippen molar-refractivity contribution in [2.45, 2.75) is 71.9 Å². The molecule has 1 unspecified atom stereocenters. The van der Waals surface area contributed by atoms with Crippen LogP contribution in [0.15, 0.2) is 0 Å². The van der Waals surface area contributed by atoms with Crippen LogP contribution in [0.5, 0.6) is 0 Å². The van der Waals surface area contributed by atoms with E-state index in [1.54, 1.807) is 21.3 Å². The number of ether oxygens (including phenoxy) is 2. The number of methoxy groups -OCH3 is 2. The second-order valence-corrected chi connectivity index (χ2v) is 2.26. The Bertz CT molecular complexity index is 62.5. The second kappa shape index (κ2) is 68.6. The fraction of sp³-hybridized carbons (Fsp3) is 1.00. The van der Waals surface area contributed by atoms with E-state index in [4.69, 9.17) is 4.74 Å². The maximum Gasteiger partial charge on any atom is 0.0667 e. The molecule has 0 fully saturated rings. The van der Waals surface area contributed by atoms with E-state index in [9.17, 15) is 0 Å². The third-order valence-corrected chi connectivity index (χ3v) is 1.08. The molecule has 0 heterocycles. The lowest BCUT2D eigenvalue weighted by atomic mass is 10.4. The van der Waals surface area contributed by atoms with Crippen molar-refractivity contribution in [1.82, 2.24) is 5.32 Å². The first kappa shape index (κ1) is 64.6. The predicted molar refractivity (Wildman–Crippen MR) is 95.1 cm³/mol. The highest BCUT2D eigenvalue weighted by atomic mass is 16.5. The van der Waals surface area contributed by atoms with Gasteiger partial charge in [0, 0.05) is 27.9 Å². The topological polar surface area (TPSA) is 30.5 Å². The largest absolute Gasteiger partial charge is 0.388 e. The minimum Gasteiger partial charge on any atom is -0.388 e. The molecule has 0 spiro atoms. The van der Waals surface area contributed by atoms with Crippen molar-refractivity contribution in [3.05, 3.63) is 0 Å². The van der Waals surface area contributed by atoms with E-state index in [1.807, 2.05) is 6.92 Å². The Balaban J connectivity index is -0.0000000107. The van der Waals surface area contributed by atoms with Gasteiger partial charge in [0.15, 0.2) is 0 Å². The molecule has 0 radical (unpaired) electrons. The van der Waals surface area contributed by atoms with Crippen molar-refractivity contribution in [1.29, 1.82) is 0 Å². The number of rotatable bonds is 4. The monoisotopic (exact) mass is 275 g/mol. The molecule has 0 aromatic heterocycles. The fourth-order valence-corrected chi connectivity index (χ4v) is 0.431. The van der Waals surface area contributed by atoms with Gasteiger partial charge in [0.05, 0.1) is 6.10 Å².